The molecule has 0 bridgehead atoms. The van der Waals surface area contributed by atoms with E-state index in [0.717, 1.165) is 24.2 Å². The summed E-state index contributed by atoms with van der Waals surface area (Å²) < 4.78 is 33.5. The maximum atomic E-state index is 12.6. The maximum Gasteiger partial charge on any atom is 0.253 e. The van der Waals surface area contributed by atoms with Crippen molar-refractivity contribution < 1.29 is 17.9 Å². The lowest BCUT2D eigenvalue weighted by molar-refractivity contribution is 0.0952. The summed E-state index contributed by atoms with van der Waals surface area (Å²) in [5.41, 5.74) is 1.49. The third kappa shape index (κ3) is 5.77. The van der Waals surface area contributed by atoms with Crippen molar-refractivity contribution >= 4 is 15.9 Å². The lowest BCUT2D eigenvalue weighted by Crippen LogP contribution is -2.31. The molecule has 10 heteroatoms. The van der Waals surface area contributed by atoms with E-state index in [0.29, 0.717) is 31.0 Å². The molecule has 0 aliphatic carbocycles. The van der Waals surface area contributed by atoms with Gasteiger partial charge in [-0.1, -0.05) is 0 Å². The number of hydrogen-bond acceptors (Lipinski definition) is 6. The summed E-state index contributed by atoms with van der Waals surface area (Å²) >= 11 is 0. The van der Waals surface area contributed by atoms with Crippen molar-refractivity contribution in [3.05, 3.63) is 76.8 Å². The molecule has 0 spiro atoms. The van der Waals surface area contributed by atoms with Gasteiger partial charge in [-0.3, -0.25) is 14.2 Å². The maximum absolute atomic E-state index is 12.6. The highest BCUT2D eigenvalue weighted by molar-refractivity contribution is 7.89. The molecule has 1 aliphatic heterocycles. The van der Waals surface area contributed by atoms with Crippen LogP contribution in [-0.2, 0) is 16.6 Å². The average molecular weight is 497 g/mol. The smallest absolute Gasteiger partial charge is 0.253 e. The van der Waals surface area contributed by atoms with Crippen molar-refractivity contribution in [1.29, 1.82) is 0 Å². The van der Waals surface area contributed by atoms with Crippen molar-refractivity contribution in [1.82, 2.24) is 19.2 Å². The molecule has 1 N–H and O–H groups in total. The third-order valence-electron chi connectivity index (χ3n) is 5.80. The zero-order valence-electron chi connectivity index (χ0n) is 19.5. The summed E-state index contributed by atoms with van der Waals surface area (Å²) in [6.45, 7) is 4.02. The number of nitrogens with zero attached hydrogens (tertiary/aromatic N) is 3. The molecular formula is C25H28N4O5S. The molecular weight excluding hydrogens is 468 g/mol. The molecule has 2 heterocycles. The number of rotatable bonds is 9. The molecule has 35 heavy (non-hydrogen) atoms. The first-order chi connectivity index (χ1) is 16.9. The van der Waals surface area contributed by atoms with E-state index in [-0.39, 0.29) is 29.5 Å². The fourth-order valence-electron chi connectivity index (χ4n) is 3.89. The highest BCUT2D eigenvalue weighted by atomic mass is 32.2. The van der Waals surface area contributed by atoms with Crippen LogP contribution >= 0.6 is 0 Å². The summed E-state index contributed by atoms with van der Waals surface area (Å²) in [5.74, 6) is 0.408. The molecule has 3 aromatic rings. The second kappa shape index (κ2) is 10.8. The molecule has 184 valence electrons. The van der Waals surface area contributed by atoms with Gasteiger partial charge in [0.25, 0.3) is 11.5 Å². The molecule has 1 amide bonds. The second-order valence-electron chi connectivity index (χ2n) is 8.15. The SMILES string of the molecule is CCOc1ccc(-c2cc(=O)n(CCNC(=O)c3ccc(S(=O)(=O)N4CCCC4)cc3)cn2)cc1. The van der Waals surface area contributed by atoms with Crippen LogP contribution in [0.25, 0.3) is 11.3 Å². The highest BCUT2D eigenvalue weighted by Crippen LogP contribution is 2.21. The number of carbonyl (C=O) groups is 1. The molecule has 1 fully saturated rings. The van der Waals surface area contributed by atoms with E-state index in [2.05, 4.69) is 10.3 Å². The van der Waals surface area contributed by atoms with Crippen molar-refractivity contribution in [3.63, 3.8) is 0 Å². The van der Waals surface area contributed by atoms with Crippen molar-refractivity contribution in [2.24, 2.45) is 0 Å². The summed E-state index contributed by atoms with van der Waals surface area (Å²) in [7, 11) is -3.52. The molecule has 1 aliphatic rings. The first-order valence-corrected chi connectivity index (χ1v) is 13.0. The van der Waals surface area contributed by atoms with Gasteiger partial charge < -0.3 is 10.1 Å². The molecule has 4 rings (SSSR count). The van der Waals surface area contributed by atoms with Gasteiger partial charge in [-0.05, 0) is 68.3 Å². The van der Waals surface area contributed by atoms with Gasteiger partial charge in [0.05, 0.1) is 23.5 Å². The largest absolute Gasteiger partial charge is 0.494 e. The van der Waals surface area contributed by atoms with E-state index >= 15 is 0 Å². The van der Waals surface area contributed by atoms with E-state index in [1.54, 1.807) is 0 Å². The van der Waals surface area contributed by atoms with E-state index in [1.807, 2.05) is 31.2 Å². The standard InChI is InChI=1S/C25H28N4O5S/c1-2-34-21-9-5-19(6-10-21)23-17-24(30)28(18-27-23)16-13-26-25(31)20-7-11-22(12-8-20)35(32,33)29-14-3-4-15-29/h5-12,17-18H,2-4,13-16H2,1H3,(H,26,31). The van der Waals surface area contributed by atoms with Gasteiger partial charge in [0.1, 0.15) is 5.75 Å². The minimum absolute atomic E-state index is 0.182. The van der Waals surface area contributed by atoms with Gasteiger partial charge in [0.15, 0.2) is 0 Å². The quantitative estimate of drug-likeness (QED) is 0.487. The fourth-order valence-corrected chi connectivity index (χ4v) is 5.41. The van der Waals surface area contributed by atoms with Crippen molar-refractivity contribution in [2.75, 3.05) is 26.2 Å². The Morgan fingerprint density at radius 3 is 2.37 bits per heavy atom. The van der Waals surface area contributed by atoms with Gasteiger partial charge >= 0.3 is 0 Å². The second-order valence-corrected chi connectivity index (χ2v) is 10.1. The number of nitrogens with one attached hydrogen (secondary N) is 1. The number of aromatic nitrogens is 2. The molecule has 0 atom stereocenters. The number of hydrogen-bond donors (Lipinski definition) is 1. The summed E-state index contributed by atoms with van der Waals surface area (Å²) in [5, 5.41) is 2.75. The van der Waals surface area contributed by atoms with Gasteiger partial charge in [-0.15, -0.1) is 0 Å². The predicted octanol–water partition coefficient (Wildman–Crippen LogP) is 2.52. The minimum Gasteiger partial charge on any atom is -0.494 e. The number of carbonyl (C=O) groups excluding carboxylic acids is 1. The Balaban J connectivity index is 1.33. The Morgan fingerprint density at radius 2 is 1.74 bits per heavy atom. The highest BCUT2D eigenvalue weighted by Gasteiger charge is 2.27. The Bertz CT molecular complexity index is 1330. The molecule has 1 saturated heterocycles. The van der Waals surface area contributed by atoms with Gasteiger partial charge in [-0.25, -0.2) is 13.4 Å². The van der Waals surface area contributed by atoms with Crippen LogP contribution in [-0.4, -0.2) is 54.4 Å². The van der Waals surface area contributed by atoms with Crippen molar-refractivity contribution in [2.45, 2.75) is 31.2 Å². The Kier molecular flexibility index (Phi) is 7.62. The molecule has 0 saturated carbocycles. The van der Waals surface area contributed by atoms with E-state index < -0.39 is 10.0 Å². The Labute approximate surface area is 204 Å². The lowest BCUT2D eigenvalue weighted by atomic mass is 10.1. The predicted molar refractivity (Wildman–Crippen MR) is 132 cm³/mol. The molecule has 0 unspecified atom stereocenters. The molecule has 1 aromatic heterocycles. The number of ether oxygens (including phenoxy) is 1. The van der Waals surface area contributed by atoms with E-state index in [9.17, 15) is 18.0 Å². The summed E-state index contributed by atoms with van der Waals surface area (Å²) in [6.07, 6.45) is 3.18. The van der Waals surface area contributed by atoms with Crippen LogP contribution < -0.4 is 15.6 Å². The van der Waals surface area contributed by atoms with Crippen LogP contribution in [0.4, 0.5) is 0 Å². The van der Waals surface area contributed by atoms with Crippen LogP contribution in [0, 0.1) is 0 Å². The Morgan fingerprint density at radius 1 is 1.06 bits per heavy atom. The van der Waals surface area contributed by atoms with Gasteiger partial charge in [0.2, 0.25) is 10.0 Å². The van der Waals surface area contributed by atoms with Crippen LogP contribution in [0.2, 0.25) is 0 Å². The normalized spacial score (nSPS) is 14.1. The average Bonchev–Trinajstić information content (AvgIpc) is 3.42. The number of amides is 1. The monoisotopic (exact) mass is 496 g/mol. The number of benzene rings is 2. The zero-order chi connectivity index (χ0) is 24.8. The number of sulfonamides is 1. The summed E-state index contributed by atoms with van der Waals surface area (Å²) in [4.78, 5) is 29.5. The first kappa shape index (κ1) is 24.6. The topological polar surface area (TPSA) is 111 Å². The van der Waals surface area contributed by atoms with E-state index in [1.165, 1.54) is 45.5 Å². The van der Waals surface area contributed by atoms with Crippen LogP contribution in [0.5, 0.6) is 5.75 Å². The zero-order valence-corrected chi connectivity index (χ0v) is 20.3. The van der Waals surface area contributed by atoms with Crippen LogP contribution in [0.15, 0.2) is 70.6 Å². The molecule has 2 aromatic carbocycles. The summed E-state index contributed by atoms with van der Waals surface area (Å²) in [6, 6.07) is 14.7. The minimum atomic E-state index is -3.52. The van der Waals surface area contributed by atoms with Crippen LogP contribution in [0.3, 0.4) is 0 Å². The molecule has 0 radical (unpaired) electrons. The van der Waals surface area contributed by atoms with Crippen molar-refractivity contribution in [3.8, 4) is 17.0 Å². The van der Waals surface area contributed by atoms with Crippen LogP contribution in [0.1, 0.15) is 30.1 Å². The fraction of sp³-hybridized carbons (Fsp3) is 0.320. The van der Waals surface area contributed by atoms with E-state index in [4.69, 9.17) is 4.74 Å². The molecule has 9 nitrogen and oxygen atoms in total. The Hall–Kier alpha value is -3.50. The third-order valence-corrected chi connectivity index (χ3v) is 7.71. The first-order valence-electron chi connectivity index (χ1n) is 11.6. The lowest BCUT2D eigenvalue weighted by Gasteiger charge is -2.15. The van der Waals surface area contributed by atoms with Gasteiger partial charge in [-0.2, -0.15) is 4.31 Å². The van der Waals surface area contributed by atoms with Gasteiger partial charge in [0, 0.05) is 43.4 Å².